The molecule has 0 aromatic heterocycles. The molecule has 1 aliphatic rings. The average Bonchev–Trinajstić information content (AvgIpc) is 2.18. The number of aryl methyl sites for hydroxylation is 1. The second-order valence-corrected chi connectivity index (χ2v) is 3.43. The number of rotatable bonds is 2. The van der Waals surface area contributed by atoms with Gasteiger partial charge in [0.15, 0.2) is 0 Å². The highest BCUT2D eigenvalue weighted by molar-refractivity contribution is 5.60. The van der Waals surface area contributed by atoms with Crippen LogP contribution in [0, 0.1) is 0 Å². The van der Waals surface area contributed by atoms with E-state index in [-0.39, 0.29) is 0 Å². The van der Waals surface area contributed by atoms with Gasteiger partial charge in [0.05, 0.1) is 0 Å². The molecule has 2 nitrogen and oxygen atoms in total. The van der Waals surface area contributed by atoms with Gasteiger partial charge in [-0.25, -0.2) is 0 Å². The van der Waals surface area contributed by atoms with Crippen molar-refractivity contribution in [3.63, 3.8) is 0 Å². The highest BCUT2D eigenvalue weighted by atomic mass is 14.9. The monoisotopic (exact) mass is 176 g/mol. The molecule has 0 atom stereocenters. The smallest absolute Gasteiger partial charge is 0.0374 e. The van der Waals surface area contributed by atoms with Crippen molar-refractivity contribution in [3.05, 3.63) is 23.8 Å². The molecule has 2 rings (SSSR count). The summed E-state index contributed by atoms with van der Waals surface area (Å²) in [5, 5.41) is 6.73. The van der Waals surface area contributed by atoms with E-state index in [1.807, 2.05) is 0 Å². The fourth-order valence-electron chi connectivity index (χ4n) is 1.79. The van der Waals surface area contributed by atoms with Crippen LogP contribution in [0.3, 0.4) is 0 Å². The first kappa shape index (κ1) is 8.42. The zero-order chi connectivity index (χ0) is 9.10. The molecule has 1 aliphatic heterocycles. The van der Waals surface area contributed by atoms with Gasteiger partial charge in [0.1, 0.15) is 0 Å². The van der Waals surface area contributed by atoms with Gasteiger partial charge in [0, 0.05) is 24.5 Å². The fourth-order valence-corrected chi connectivity index (χ4v) is 1.79. The lowest BCUT2D eigenvalue weighted by molar-refractivity contribution is 0.830. The Kier molecular flexibility index (Phi) is 2.39. The summed E-state index contributed by atoms with van der Waals surface area (Å²) < 4.78 is 0. The lowest BCUT2D eigenvalue weighted by Crippen LogP contribution is -2.11. The summed E-state index contributed by atoms with van der Waals surface area (Å²) in [5.74, 6) is 0. The van der Waals surface area contributed by atoms with Crippen molar-refractivity contribution in [2.45, 2.75) is 19.8 Å². The molecule has 0 radical (unpaired) electrons. The molecule has 0 saturated carbocycles. The van der Waals surface area contributed by atoms with Gasteiger partial charge in [-0.3, -0.25) is 0 Å². The Morgan fingerprint density at radius 2 is 2.38 bits per heavy atom. The summed E-state index contributed by atoms with van der Waals surface area (Å²) in [6.07, 6.45) is 2.46. The van der Waals surface area contributed by atoms with E-state index in [1.54, 1.807) is 0 Å². The molecule has 13 heavy (non-hydrogen) atoms. The Morgan fingerprint density at radius 1 is 1.46 bits per heavy atom. The molecule has 0 amide bonds. The van der Waals surface area contributed by atoms with Gasteiger partial charge in [0.25, 0.3) is 0 Å². The molecule has 70 valence electrons. The van der Waals surface area contributed by atoms with Gasteiger partial charge in [-0.2, -0.15) is 0 Å². The van der Waals surface area contributed by atoms with Crippen LogP contribution < -0.4 is 10.6 Å². The maximum atomic E-state index is 3.40. The standard InChI is InChI=1S/C11H16N2/c1-2-12-10-5-6-11-9(8-10)4-3-7-13-11/h5-6,8,12-13H,2-4,7H2,1H3. The first-order chi connectivity index (χ1) is 6.40. The van der Waals surface area contributed by atoms with Crippen LogP contribution >= 0.6 is 0 Å². The first-order valence-corrected chi connectivity index (χ1v) is 5.01. The van der Waals surface area contributed by atoms with Crippen molar-refractivity contribution in [3.8, 4) is 0 Å². The maximum absolute atomic E-state index is 3.40. The molecule has 0 saturated heterocycles. The molecule has 0 aliphatic carbocycles. The van der Waals surface area contributed by atoms with Gasteiger partial charge in [0.2, 0.25) is 0 Å². The average molecular weight is 176 g/mol. The Balaban J connectivity index is 2.24. The third kappa shape index (κ3) is 1.77. The molecular formula is C11H16N2. The van der Waals surface area contributed by atoms with Gasteiger partial charge >= 0.3 is 0 Å². The zero-order valence-electron chi connectivity index (χ0n) is 8.06. The third-order valence-corrected chi connectivity index (χ3v) is 2.42. The highest BCUT2D eigenvalue weighted by Gasteiger charge is 2.07. The third-order valence-electron chi connectivity index (χ3n) is 2.42. The summed E-state index contributed by atoms with van der Waals surface area (Å²) in [7, 11) is 0. The van der Waals surface area contributed by atoms with Gasteiger partial charge in [-0.05, 0) is 43.5 Å². The van der Waals surface area contributed by atoms with E-state index in [2.05, 4.69) is 35.8 Å². The van der Waals surface area contributed by atoms with E-state index < -0.39 is 0 Å². The van der Waals surface area contributed by atoms with Crippen molar-refractivity contribution >= 4 is 11.4 Å². The second kappa shape index (κ2) is 3.69. The number of nitrogens with one attached hydrogen (secondary N) is 2. The Morgan fingerprint density at radius 3 is 3.23 bits per heavy atom. The fraction of sp³-hybridized carbons (Fsp3) is 0.455. The molecule has 1 aromatic carbocycles. The van der Waals surface area contributed by atoms with Crippen molar-refractivity contribution in [2.24, 2.45) is 0 Å². The molecule has 0 spiro atoms. The van der Waals surface area contributed by atoms with E-state index in [0.717, 1.165) is 13.1 Å². The second-order valence-electron chi connectivity index (χ2n) is 3.43. The molecular weight excluding hydrogens is 160 g/mol. The van der Waals surface area contributed by atoms with Crippen LogP contribution in [0.2, 0.25) is 0 Å². The predicted molar refractivity (Wildman–Crippen MR) is 57.4 cm³/mol. The van der Waals surface area contributed by atoms with Crippen molar-refractivity contribution in [2.75, 3.05) is 23.7 Å². The molecule has 0 bridgehead atoms. The van der Waals surface area contributed by atoms with Crippen LogP contribution in [0.25, 0.3) is 0 Å². The normalized spacial score (nSPS) is 14.5. The molecule has 1 aromatic rings. The zero-order valence-corrected chi connectivity index (χ0v) is 8.06. The molecule has 0 fully saturated rings. The summed E-state index contributed by atoms with van der Waals surface area (Å²) in [6, 6.07) is 6.57. The Hall–Kier alpha value is -1.18. The summed E-state index contributed by atoms with van der Waals surface area (Å²) in [4.78, 5) is 0. The maximum Gasteiger partial charge on any atom is 0.0374 e. The first-order valence-electron chi connectivity index (χ1n) is 5.01. The Labute approximate surface area is 79.4 Å². The van der Waals surface area contributed by atoms with Crippen LogP contribution in [0.15, 0.2) is 18.2 Å². The van der Waals surface area contributed by atoms with E-state index in [9.17, 15) is 0 Å². The van der Waals surface area contributed by atoms with E-state index >= 15 is 0 Å². The van der Waals surface area contributed by atoms with Crippen molar-refractivity contribution in [1.82, 2.24) is 0 Å². The number of benzene rings is 1. The largest absolute Gasteiger partial charge is 0.385 e. The minimum atomic E-state index is 0.992. The van der Waals surface area contributed by atoms with Crippen molar-refractivity contribution < 1.29 is 0 Å². The van der Waals surface area contributed by atoms with E-state index in [4.69, 9.17) is 0 Å². The van der Waals surface area contributed by atoms with Crippen molar-refractivity contribution in [1.29, 1.82) is 0 Å². The van der Waals surface area contributed by atoms with Gasteiger partial charge < -0.3 is 10.6 Å². The minimum Gasteiger partial charge on any atom is -0.385 e. The highest BCUT2D eigenvalue weighted by Crippen LogP contribution is 2.24. The van der Waals surface area contributed by atoms with E-state index in [1.165, 1.54) is 29.8 Å². The van der Waals surface area contributed by atoms with Crippen LogP contribution in [0.4, 0.5) is 11.4 Å². The summed E-state index contributed by atoms with van der Waals surface area (Å²) in [6.45, 7) is 4.23. The van der Waals surface area contributed by atoms with Gasteiger partial charge in [-0.1, -0.05) is 0 Å². The van der Waals surface area contributed by atoms with Crippen LogP contribution in [0.1, 0.15) is 18.9 Å². The molecule has 0 unspecified atom stereocenters. The molecule has 2 heteroatoms. The number of anilines is 2. The molecule has 2 N–H and O–H groups in total. The van der Waals surface area contributed by atoms with Crippen LogP contribution in [-0.4, -0.2) is 13.1 Å². The summed E-state index contributed by atoms with van der Waals surface area (Å²) >= 11 is 0. The van der Waals surface area contributed by atoms with E-state index in [0.29, 0.717) is 0 Å². The van der Waals surface area contributed by atoms with Crippen LogP contribution in [0.5, 0.6) is 0 Å². The Bertz CT molecular complexity index is 294. The van der Waals surface area contributed by atoms with Crippen LogP contribution in [-0.2, 0) is 6.42 Å². The quantitative estimate of drug-likeness (QED) is 0.723. The molecule has 1 heterocycles. The lowest BCUT2D eigenvalue weighted by atomic mass is 10.0. The number of fused-ring (bicyclic) bond motifs is 1. The number of hydrogen-bond acceptors (Lipinski definition) is 2. The lowest BCUT2D eigenvalue weighted by Gasteiger charge is -2.18. The SMILES string of the molecule is CCNc1ccc2c(c1)CCCN2. The summed E-state index contributed by atoms with van der Waals surface area (Å²) in [5.41, 5.74) is 4.00. The predicted octanol–water partition coefficient (Wildman–Crippen LogP) is 2.48. The van der Waals surface area contributed by atoms with Gasteiger partial charge in [-0.15, -0.1) is 0 Å². The topological polar surface area (TPSA) is 24.1 Å². The number of hydrogen-bond donors (Lipinski definition) is 2. The minimum absolute atomic E-state index is 0.992.